The van der Waals surface area contributed by atoms with E-state index in [-0.39, 0.29) is 21.8 Å². The third kappa shape index (κ3) is 4.52. The molecule has 0 radical (unpaired) electrons. The lowest BCUT2D eigenvalue weighted by molar-refractivity contribution is -0.384. The minimum Gasteiger partial charge on any atom is -0.322 e. The minimum atomic E-state index is -3.92. The number of halogens is 1. The Labute approximate surface area is 157 Å². The zero-order valence-electron chi connectivity index (χ0n) is 13.0. The van der Waals surface area contributed by atoms with Crippen LogP contribution in [0.1, 0.15) is 22.8 Å². The number of hydrogen-bond donors (Lipinski definition) is 2. The summed E-state index contributed by atoms with van der Waals surface area (Å²) < 4.78 is 23.8. The Hall–Kier alpha value is -2.05. The van der Waals surface area contributed by atoms with E-state index in [0.717, 1.165) is 0 Å². The molecule has 0 saturated carbocycles. The molecule has 0 fully saturated rings. The zero-order valence-corrected chi connectivity index (χ0v) is 16.0. The average molecular weight is 475 g/mol. The number of anilines is 1. The maximum absolute atomic E-state index is 12.4. The van der Waals surface area contributed by atoms with E-state index in [2.05, 4.69) is 5.32 Å². The van der Waals surface area contributed by atoms with Gasteiger partial charge in [-0.05, 0) is 52.8 Å². The van der Waals surface area contributed by atoms with Gasteiger partial charge in [0.1, 0.15) is 0 Å². The second-order valence-electron chi connectivity index (χ2n) is 5.10. The topological polar surface area (TPSA) is 132 Å². The number of aryl methyl sites for hydroxylation is 1. The number of nitrogens with two attached hydrogens (primary N) is 1. The highest BCUT2D eigenvalue weighted by Crippen LogP contribution is 2.23. The molecular formula is C15H14IN3O5S. The molecule has 3 N–H and O–H groups in total. The summed E-state index contributed by atoms with van der Waals surface area (Å²) in [6, 6.07) is 8.30. The number of nitrogens with zero attached hydrogens (tertiary/aromatic N) is 1. The highest BCUT2D eigenvalue weighted by Gasteiger charge is 2.17. The standard InChI is InChI=1S/C15H14IN3O5S/c1-2-9-3-4-10(7-14(9)25(17,23)24)18-15(20)12-6-5-11(19(21)22)8-13(12)16/h3-8H,2H2,1H3,(H,18,20)(H2,17,23,24). The smallest absolute Gasteiger partial charge is 0.270 e. The maximum atomic E-state index is 12.4. The molecule has 2 aromatic rings. The van der Waals surface area contributed by atoms with E-state index in [9.17, 15) is 23.3 Å². The van der Waals surface area contributed by atoms with Crippen molar-refractivity contribution < 1.29 is 18.1 Å². The first kappa shape index (κ1) is 19.3. The fraction of sp³-hybridized carbons (Fsp3) is 0.133. The number of hydrogen-bond acceptors (Lipinski definition) is 5. The molecular weight excluding hydrogens is 461 g/mol. The Bertz CT molecular complexity index is 960. The number of carbonyl (C=O) groups is 1. The van der Waals surface area contributed by atoms with Gasteiger partial charge in [-0.15, -0.1) is 0 Å². The Balaban J connectivity index is 2.34. The first-order chi connectivity index (χ1) is 11.6. The van der Waals surface area contributed by atoms with Crippen LogP contribution in [0.4, 0.5) is 11.4 Å². The molecule has 0 atom stereocenters. The number of primary sulfonamides is 1. The number of benzene rings is 2. The SMILES string of the molecule is CCc1ccc(NC(=O)c2ccc([N+](=O)[O-])cc2I)cc1S(N)(=O)=O. The number of rotatable bonds is 5. The van der Waals surface area contributed by atoms with Gasteiger partial charge in [0.2, 0.25) is 10.0 Å². The molecule has 0 saturated heterocycles. The van der Waals surface area contributed by atoms with Gasteiger partial charge in [-0.25, -0.2) is 13.6 Å². The quantitative estimate of drug-likeness (QED) is 0.390. The number of non-ortho nitro benzene ring substituents is 1. The van der Waals surface area contributed by atoms with Gasteiger partial charge in [0.25, 0.3) is 11.6 Å². The lowest BCUT2D eigenvalue weighted by Gasteiger charge is -2.11. The van der Waals surface area contributed by atoms with Crippen LogP contribution in [0.25, 0.3) is 0 Å². The Morgan fingerprint density at radius 1 is 1.28 bits per heavy atom. The molecule has 0 aliphatic carbocycles. The molecule has 25 heavy (non-hydrogen) atoms. The van der Waals surface area contributed by atoms with Crippen LogP contribution >= 0.6 is 22.6 Å². The van der Waals surface area contributed by atoms with Gasteiger partial charge in [-0.2, -0.15) is 0 Å². The van der Waals surface area contributed by atoms with E-state index in [1.807, 2.05) is 22.6 Å². The normalized spacial score (nSPS) is 11.2. The summed E-state index contributed by atoms with van der Waals surface area (Å²) in [5.41, 5.74) is 0.929. The van der Waals surface area contributed by atoms with Gasteiger partial charge in [0, 0.05) is 21.4 Å². The van der Waals surface area contributed by atoms with Crippen LogP contribution in [0.5, 0.6) is 0 Å². The van der Waals surface area contributed by atoms with Crippen LogP contribution in [0.15, 0.2) is 41.3 Å². The van der Waals surface area contributed by atoms with Crippen LogP contribution in [0.3, 0.4) is 0 Å². The molecule has 1 amide bonds. The van der Waals surface area contributed by atoms with Crippen molar-refractivity contribution in [1.82, 2.24) is 0 Å². The highest BCUT2D eigenvalue weighted by molar-refractivity contribution is 14.1. The summed E-state index contributed by atoms with van der Waals surface area (Å²) in [5, 5.41) is 18.5. The van der Waals surface area contributed by atoms with Gasteiger partial charge in [0.15, 0.2) is 0 Å². The number of nitro benzene ring substituents is 1. The number of sulfonamides is 1. The zero-order chi connectivity index (χ0) is 18.8. The molecule has 0 spiro atoms. The van der Waals surface area contributed by atoms with E-state index in [4.69, 9.17) is 5.14 Å². The van der Waals surface area contributed by atoms with Gasteiger partial charge in [0.05, 0.1) is 15.4 Å². The van der Waals surface area contributed by atoms with Crippen molar-refractivity contribution in [3.8, 4) is 0 Å². The Morgan fingerprint density at radius 2 is 1.96 bits per heavy atom. The molecule has 0 aliphatic heterocycles. The van der Waals surface area contributed by atoms with Gasteiger partial charge in [-0.3, -0.25) is 14.9 Å². The summed E-state index contributed by atoms with van der Waals surface area (Å²) in [4.78, 5) is 22.5. The number of nitro groups is 1. The molecule has 0 bridgehead atoms. The lowest BCUT2D eigenvalue weighted by atomic mass is 10.1. The fourth-order valence-corrected chi connectivity index (χ4v) is 3.80. The third-order valence-electron chi connectivity index (χ3n) is 3.42. The number of nitrogens with one attached hydrogen (secondary N) is 1. The van der Waals surface area contributed by atoms with Crippen LogP contribution in [0.2, 0.25) is 0 Å². The number of carbonyl (C=O) groups excluding carboxylic acids is 1. The second kappa shape index (κ2) is 7.45. The summed E-state index contributed by atoms with van der Waals surface area (Å²) in [7, 11) is -3.92. The van der Waals surface area contributed by atoms with Crippen LogP contribution in [-0.2, 0) is 16.4 Å². The van der Waals surface area contributed by atoms with Crippen LogP contribution in [-0.4, -0.2) is 19.2 Å². The largest absolute Gasteiger partial charge is 0.322 e. The van der Waals surface area contributed by atoms with Crippen molar-refractivity contribution in [2.24, 2.45) is 5.14 Å². The molecule has 2 aromatic carbocycles. The molecule has 0 heterocycles. The summed E-state index contributed by atoms with van der Waals surface area (Å²) in [6.07, 6.45) is 0.472. The Morgan fingerprint density at radius 3 is 2.48 bits per heavy atom. The van der Waals surface area contributed by atoms with Gasteiger partial charge < -0.3 is 5.32 Å². The predicted molar refractivity (Wildman–Crippen MR) is 101 cm³/mol. The molecule has 2 rings (SSSR count). The van der Waals surface area contributed by atoms with E-state index >= 15 is 0 Å². The molecule has 0 unspecified atom stereocenters. The van der Waals surface area contributed by atoms with Crippen LogP contribution in [0, 0.1) is 13.7 Å². The van der Waals surface area contributed by atoms with Crippen LogP contribution < -0.4 is 10.5 Å². The van der Waals surface area contributed by atoms with E-state index in [1.165, 1.54) is 24.3 Å². The minimum absolute atomic E-state index is 0.0498. The molecule has 0 aromatic heterocycles. The van der Waals surface area contributed by atoms with Crippen molar-refractivity contribution in [2.75, 3.05) is 5.32 Å². The van der Waals surface area contributed by atoms with Crippen molar-refractivity contribution >= 4 is 49.9 Å². The number of amides is 1. The highest BCUT2D eigenvalue weighted by atomic mass is 127. The molecule has 8 nitrogen and oxygen atoms in total. The van der Waals surface area contributed by atoms with Gasteiger partial charge in [-0.1, -0.05) is 13.0 Å². The van der Waals surface area contributed by atoms with Crippen molar-refractivity contribution in [3.63, 3.8) is 0 Å². The maximum Gasteiger partial charge on any atom is 0.270 e. The Kier molecular flexibility index (Phi) is 5.75. The predicted octanol–water partition coefficient (Wildman–Crippen LogP) is 2.66. The monoisotopic (exact) mass is 475 g/mol. The first-order valence-corrected chi connectivity index (χ1v) is 9.67. The first-order valence-electron chi connectivity index (χ1n) is 7.04. The second-order valence-corrected chi connectivity index (χ2v) is 7.79. The van der Waals surface area contributed by atoms with Crippen molar-refractivity contribution in [2.45, 2.75) is 18.2 Å². The molecule has 0 aliphatic rings. The van der Waals surface area contributed by atoms with Crippen molar-refractivity contribution in [1.29, 1.82) is 0 Å². The third-order valence-corrected chi connectivity index (χ3v) is 5.31. The summed E-state index contributed by atoms with van der Waals surface area (Å²) in [5.74, 6) is -0.510. The summed E-state index contributed by atoms with van der Waals surface area (Å²) >= 11 is 1.83. The molecule has 132 valence electrons. The fourth-order valence-electron chi connectivity index (χ4n) is 2.19. The molecule has 10 heteroatoms. The van der Waals surface area contributed by atoms with E-state index < -0.39 is 20.9 Å². The van der Waals surface area contributed by atoms with Gasteiger partial charge >= 0.3 is 0 Å². The average Bonchev–Trinajstić information content (AvgIpc) is 2.53. The van der Waals surface area contributed by atoms with Crippen molar-refractivity contribution in [3.05, 3.63) is 61.2 Å². The summed E-state index contributed by atoms with van der Waals surface area (Å²) in [6.45, 7) is 1.79. The lowest BCUT2D eigenvalue weighted by Crippen LogP contribution is -2.17. The van der Waals surface area contributed by atoms with E-state index in [1.54, 1.807) is 19.1 Å². The van der Waals surface area contributed by atoms with E-state index in [0.29, 0.717) is 15.6 Å².